The summed E-state index contributed by atoms with van der Waals surface area (Å²) in [6.45, 7) is 3.59. The highest BCUT2D eigenvalue weighted by molar-refractivity contribution is 7.89. The van der Waals surface area contributed by atoms with E-state index in [0.29, 0.717) is 5.56 Å². The van der Waals surface area contributed by atoms with Gasteiger partial charge in [-0.15, -0.1) is 0 Å². The van der Waals surface area contributed by atoms with Crippen LogP contribution < -0.4 is 0 Å². The molecule has 0 unspecified atom stereocenters. The number of sulfonamides is 1. The summed E-state index contributed by atoms with van der Waals surface area (Å²) in [6, 6.07) is 5.65. The molecule has 20 heavy (non-hydrogen) atoms. The molecule has 1 amide bonds. The van der Waals surface area contributed by atoms with Crippen molar-refractivity contribution in [3.05, 3.63) is 29.8 Å². The fourth-order valence-electron chi connectivity index (χ4n) is 1.48. The Hall–Kier alpha value is -1.44. The minimum atomic E-state index is -3.53. The first-order valence-corrected chi connectivity index (χ1v) is 7.56. The van der Waals surface area contributed by atoms with Crippen molar-refractivity contribution in [3.63, 3.8) is 0 Å². The summed E-state index contributed by atoms with van der Waals surface area (Å²) in [5.74, 6) is -0.339. The number of carbonyl (C=O) groups is 1. The maximum absolute atomic E-state index is 12.3. The van der Waals surface area contributed by atoms with Gasteiger partial charge in [0.1, 0.15) is 0 Å². The van der Waals surface area contributed by atoms with E-state index >= 15 is 0 Å². The lowest BCUT2D eigenvalue weighted by Gasteiger charge is -2.21. The van der Waals surface area contributed by atoms with Crippen LogP contribution in [0.1, 0.15) is 24.2 Å². The molecule has 6 nitrogen and oxygen atoms in total. The van der Waals surface area contributed by atoms with Crippen LogP contribution in [0.3, 0.4) is 0 Å². The molecule has 1 aromatic rings. The molecular formula is C13H20N2O4S. The molecule has 0 atom stereocenters. The van der Waals surface area contributed by atoms with E-state index in [1.54, 1.807) is 13.8 Å². The standard InChI is InChI=1S/C13H20N2O4S/c1-10(2)15(4)20(17,18)12-8-6-11(7-9-12)13(16)14(3)19-5/h6-10H,1-5H3. The molecule has 0 bridgehead atoms. The fraction of sp³-hybridized carbons (Fsp3) is 0.462. The second-order valence-corrected chi connectivity index (χ2v) is 6.62. The van der Waals surface area contributed by atoms with Crippen LogP contribution in [0.5, 0.6) is 0 Å². The van der Waals surface area contributed by atoms with Crippen molar-refractivity contribution < 1.29 is 18.0 Å². The molecule has 0 spiro atoms. The minimum absolute atomic E-state index is 0.138. The van der Waals surface area contributed by atoms with E-state index in [2.05, 4.69) is 0 Å². The minimum Gasteiger partial charge on any atom is -0.274 e. The van der Waals surface area contributed by atoms with Crippen LogP contribution in [-0.4, -0.2) is 50.9 Å². The smallest absolute Gasteiger partial charge is 0.274 e. The van der Waals surface area contributed by atoms with Crippen molar-refractivity contribution in [2.75, 3.05) is 21.2 Å². The molecule has 0 aliphatic rings. The van der Waals surface area contributed by atoms with E-state index in [-0.39, 0.29) is 16.8 Å². The Bertz CT molecular complexity index is 567. The Labute approximate surface area is 119 Å². The highest BCUT2D eigenvalue weighted by Gasteiger charge is 2.23. The second kappa shape index (κ2) is 6.34. The molecule has 0 aromatic heterocycles. The van der Waals surface area contributed by atoms with Gasteiger partial charge in [0.2, 0.25) is 10.0 Å². The van der Waals surface area contributed by atoms with E-state index in [4.69, 9.17) is 4.84 Å². The first-order chi connectivity index (χ1) is 9.21. The Morgan fingerprint density at radius 3 is 2.05 bits per heavy atom. The summed E-state index contributed by atoms with van der Waals surface area (Å²) in [4.78, 5) is 16.8. The second-order valence-electron chi connectivity index (χ2n) is 4.62. The number of hydrogen-bond donors (Lipinski definition) is 0. The van der Waals surface area contributed by atoms with Crippen molar-refractivity contribution in [3.8, 4) is 0 Å². The summed E-state index contributed by atoms with van der Waals surface area (Å²) >= 11 is 0. The van der Waals surface area contributed by atoms with Gasteiger partial charge in [0.15, 0.2) is 0 Å². The van der Waals surface area contributed by atoms with Crippen molar-refractivity contribution >= 4 is 15.9 Å². The third kappa shape index (κ3) is 3.36. The molecule has 7 heteroatoms. The third-order valence-electron chi connectivity index (χ3n) is 3.07. The molecule has 1 rings (SSSR count). The van der Waals surface area contributed by atoms with Crippen molar-refractivity contribution in [2.24, 2.45) is 0 Å². The van der Waals surface area contributed by atoms with Gasteiger partial charge in [-0.3, -0.25) is 9.63 Å². The predicted octanol–water partition coefficient (Wildman–Crippen LogP) is 1.35. The average Bonchev–Trinajstić information content (AvgIpc) is 2.44. The van der Waals surface area contributed by atoms with Crippen LogP contribution >= 0.6 is 0 Å². The van der Waals surface area contributed by atoms with Gasteiger partial charge in [-0.2, -0.15) is 4.31 Å². The third-order valence-corrected chi connectivity index (χ3v) is 5.11. The molecule has 1 aromatic carbocycles. The Kier molecular flexibility index (Phi) is 5.27. The summed E-state index contributed by atoms with van der Waals surface area (Å²) < 4.78 is 25.8. The number of amides is 1. The van der Waals surface area contributed by atoms with Gasteiger partial charge >= 0.3 is 0 Å². The SMILES string of the molecule is CON(C)C(=O)c1ccc(S(=O)(=O)N(C)C(C)C)cc1. The Morgan fingerprint density at radius 2 is 1.65 bits per heavy atom. The van der Waals surface area contributed by atoms with Gasteiger partial charge in [0, 0.05) is 25.7 Å². The van der Waals surface area contributed by atoms with Crippen LogP contribution in [-0.2, 0) is 14.9 Å². The van der Waals surface area contributed by atoms with Crippen LogP contribution in [0.4, 0.5) is 0 Å². The lowest BCUT2D eigenvalue weighted by atomic mass is 10.2. The van der Waals surface area contributed by atoms with Crippen LogP contribution in [0, 0.1) is 0 Å². The maximum atomic E-state index is 12.3. The first kappa shape index (κ1) is 16.6. The lowest BCUT2D eigenvalue weighted by Crippen LogP contribution is -2.33. The number of hydrogen-bond acceptors (Lipinski definition) is 4. The summed E-state index contributed by atoms with van der Waals surface area (Å²) in [6.07, 6.45) is 0. The number of hydroxylamine groups is 2. The fourth-order valence-corrected chi connectivity index (χ4v) is 2.85. The van der Waals surface area contributed by atoms with Crippen molar-refractivity contribution in [1.29, 1.82) is 0 Å². The van der Waals surface area contributed by atoms with E-state index in [1.807, 2.05) is 0 Å². The molecule has 0 saturated heterocycles. The Balaban J connectivity index is 3.06. The number of nitrogens with zero attached hydrogens (tertiary/aromatic N) is 2. The normalized spacial score (nSPS) is 11.9. The number of benzene rings is 1. The van der Waals surface area contributed by atoms with E-state index in [9.17, 15) is 13.2 Å². The van der Waals surface area contributed by atoms with E-state index in [0.717, 1.165) is 5.06 Å². The van der Waals surface area contributed by atoms with Crippen LogP contribution in [0.2, 0.25) is 0 Å². The quantitative estimate of drug-likeness (QED) is 0.770. The summed E-state index contributed by atoms with van der Waals surface area (Å²) in [7, 11) is 0.865. The lowest BCUT2D eigenvalue weighted by molar-refractivity contribution is -0.0757. The zero-order chi connectivity index (χ0) is 15.5. The summed E-state index contributed by atoms with van der Waals surface area (Å²) in [5.41, 5.74) is 0.362. The van der Waals surface area contributed by atoms with Gasteiger partial charge in [-0.25, -0.2) is 13.5 Å². The number of rotatable bonds is 5. The topological polar surface area (TPSA) is 66.9 Å². The highest BCUT2D eigenvalue weighted by atomic mass is 32.2. The molecule has 0 fully saturated rings. The van der Waals surface area contributed by atoms with Crippen LogP contribution in [0.15, 0.2) is 29.2 Å². The zero-order valence-electron chi connectivity index (χ0n) is 12.3. The molecule has 0 heterocycles. The van der Waals surface area contributed by atoms with Gasteiger partial charge < -0.3 is 0 Å². The molecule has 0 aliphatic heterocycles. The zero-order valence-corrected chi connectivity index (χ0v) is 13.1. The van der Waals surface area contributed by atoms with E-state index in [1.165, 1.54) is 49.8 Å². The first-order valence-electron chi connectivity index (χ1n) is 6.12. The van der Waals surface area contributed by atoms with Gasteiger partial charge in [0.05, 0.1) is 12.0 Å². The maximum Gasteiger partial charge on any atom is 0.277 e. The molecule has 0 N–H and O–H groups in total. The summed E-state index contributed by atoms with van der Waals surface area (Å²) in [5, 5.41) is 1.07. The van der Waals surface area contributed by atoms with E-state index < -0.39 is 10.0 Å². The number of carbonyl (C=O) groups excluding carboxylic acids is 1. The van der Waals surface area contributed by atoms with Gasteiger partial charge in [-0.05, 0) is 38.1 Å². The molecular weight excluding hydrogens is 280 g/mol. The highest BCUT2D eigenvalue weighted by Crippen LogP contribution is 2.17. The van der Waals surface area contributed by atoms with Gasteiger partial charge in [-0.1, -0.05) is 0 Å². The molecule has 112 valence electrons. The van der Waals surface area contributed by atoms with Crippen molar-refractivity contribution in [2.45, 2.75) is 24.8 Å². The van der Waals surface area contributed by atoms with Crippen LogP contribution in [0.25, 0.3) is 0 Å². The average molecular weight is 300 g/mol. The molecule has 0 radical (unpaired) electrons. The Morgan fingerprint density at radius 1 is 1.15 bits per heavy atom. The van der Waals surface area contributed by atoms with Crippen molar-refractivity contribution in [1.82, 2.24) is 9.37 Å². The van der Waals surface area contributed by atoms with Gasteiger partial charge in [0.25, 0.3) is 5.91 Å². The molecule has 0 saturated carbocycles. The monoisotopic (exact) mass is 300 g/mol. The largest absolute Gasteiger partial charge is 0.277 e. The predicted molar refractivity (Wildman–Crippen MR) is 75.6 cm³/mol. The molecule has 0 aliphatic carbocycles.